The van der Waals surface area contributed by atoms with Crippen LogP contribution in [0, 0.1) is 0 Å². The molecule has 2 unspecified atom stereocenters. The summed E-state index contributed by atoms with van der Waals surface area (Å²) in [4.78, 5) is 0. The monoisotopic (exact) mass is 227 g/mol. The van der Waals surface area contributed by atoms with Gasteiger partial charge in [0.15, 0.2) is 0 Å². The molecule has 15 heavy (non-hydrogen) atoms. The van der Waals surface area contributed by atoms with Gasteiger partial charge in [0, 0.05) is 6.54 Å². The third-order valence-corrected chi connectivity index (χ3v) is 2.12. The van der Waals surface area contributed by atoms with Crippen molar-refractivity contribution in [2.24, 2.45) is 0 Å². The summed E-state index contributed by atoms with van der Waals surface area (Å²) in [5.74, 6) is 0. The van der Waals surface area contributed by atoms with E-state index >= 15 is 0 Å². The van der Waals surface area contributed by atoms with Crippen molar-refractivity contribution in [3.63, 3.8) is 0 Å². The van der Waals surface area contributed by atoms with E-state index in [1.165, 1.54) is 0 Å². The quantitative estimate of drug-likeness (QED) is 0.757. The van der Waals surface area contributed by atoms with Crippen molar-refractivity contribution in [2.45, 2.75) is 19.1 Å². The Morgan fingerprint density at radius 1 is 1.40 bits per heavy atom. The molecule has 0 aromatic heterocycles. The summed E-state index contributed by atoms with van der Waals surface area (Å²) in [5, 5.41) is 12.8. The van der Waals surface area contributed by atoms with Gasteiger partial charge in [-0.3, -0.25) is 0 Å². The van der Waals surface area contributed by atoms with Crippen molar-refractivity contribution in [3.8, 4) is 0 Å². The summed E-state index contributed by atoms with van der Waals surface area (Å²) < 4.78 is 0. The van der Waals surface area contributed by atoms with Gasteiger partial charge in [0.1, 0.15) is 0 Å². The van der Waals surface area contributed by atoms with Crippen LogP contribution >= 0.6 is 12.4 Å². The Kier molecular flexibility index (Phi) is 7.05. The van der Waals surface area contributed by atoms with Crippen molar-refractivity contribution in [1.82, 2.24) is 5.32 Å². The lowest BCUT2D eigenvalue weighted by atomic mass is 10.0. The van der Waals surface area contributed by atoms with E-state index in [-0.39, 0.29) is 18.4 Å². The fourth-order valence-corrected chi connectivity index (χ4v) is 1.44. The van der Waals surface area contributed by atoms with E-state index in [1.54, 1.807) is 13.0 Å². The van der Waals surface area contributed by atoms with Crippen LogP contribution in [0.4, 0.5) is 0 Å². The van der Waals surface area contributed by atoms with Crippen molar-refractivity contribution in [3.05, 3.63) is 48.6 Å². The molecule has 0 fully saturated rings. The minimum absolute atomic E-state index is 0. The lowest BCUT2D eigenvalue weighted by molar-refractivity contribution is 0.147. The smallest absolute Gasteiger partial charge is 0.0706 e. The lowest BCUT2D eigenvalue weighted by Crippen LogP contribution is -2.30. The molecule has 1 aromatic rings. The maximum Gasteiger partial charge on any atom is 0.0706 e. The van der Waals surface area contributed by atoms with Crippen LogP contribution in [0.5, 0.6) is 0 Å². The Labute approximate surface area is 97.4 Å². The van der Waals surface area contributed by atoms with Gasteiger partial charge in [-0.25, -0.2) is 0 Å². The zero-order chi connectivity index (χ0) is 10.4. The minimum Gasteiger partial charge on any atom is -0.391 e. The second-order valence-corrected chi connectivity index (χ2v) is 3.33. The number of benzene rings is 1. The average Bonchev–Trinajstić information content (AvgIpc) is 2.19. The SMILES string of the molecule is C=CCNC(c1ccccc1)C(C)O.Cl. The van der Waals surface area contributed by atoms with E-state index in [4.69, 9.17) is 0 Å². The van der Waals surface area contributed by atoms with Crippen LogP contribution in [0.15, 0.2) is 43.0 Å². The van der Waals surface area contributed by atoms with E-state index in [1.807, 2.05) is 30.3 Å². The van der Waals surface area contributed by atoms with Gasteiger partial charge in [-0.1, -0.05) is 36.4 Å². The Morgan fingerprint density at radius 2 is 2.00 bits per heavy atom. The van der Waals surface area contributed by atoms with Crippen LogP contribution in [-0.2, 0) is 0 Å². The lowest BCUT2D eigenvalue weighted by Gasteiger charge is -2.21. The van der Waals surface area contributed by atoms with Gasteiger partial charge < -0.3 is 10.4 Å². The summed E-state index contributed by atoms with van der Waals surface area (Å²) in [6, 6.07) is 9.91. The second-order valence-electron chi connectivity index (χ2n) is 3.33. The first kappa shape index (κ1) is 14.2. The van der Waals surface area contributed by atoms with Gasteiger partial charge in [0.25, 0.3) is 0 Å². The molecule has 84 valence electrons. The number of nitrogens with one attached hydrogen (secondary N) is 1. The van der Waals surface area contributed by atoms with Crippen LogP contribution in [-0.4, -0.2) is 17.8 Å². The molecule has 0 spiro atoms. The molecule has 0 aliphatic rings. The first-order valence-corrected chi connectivity index (χ1v) is 4.83. The highest BCUT2D eigenvalue weighted by atomic mass is 35.5. The highest BCUT2D eigenvalue weighted by Gasteiger charge is 2.14. The maximum atomic E-state index is 9.60. The van der Waals surface area contributed by atoms with Crippen molar-refractivity contribution < 1.29 is 5.11 Å². The predicted molar refractivity (Wildman–Crippen MR) is 66.3 cm³/mol. The Hall–Kier alpha value is -0.830. The van der Waals surface area contributed by atoms with Crippen molar-refractivity contribution in [2.75, 3.05) is 6.54 Å². The minimum atomic E-state index is -0.405. The average molecular weight is 228 g/mol. The number of hydrogen-bond acceptors (Lipinski definition) is 2. The molecule has 0 heterocycles. The van der Waals surface area contributed by atoms with E-state index in [2.05, 4.69) is 11.9 Å². The number of rotatable bonds is 5. The molecule has 2 nitrogen and oxygen atoms in total. The molecule has 1 aromatic carbocycles. The molecule has 0 amide bonds. The van der Waals surface area contributed by atoms with Crippen LogP contribution in [0.3, 0.4) is 0 Å². The maximum absolute atomic E-state index is 9.60. The first-order chi connectivity index (χ1) is 6.75. The van der Waals surface area contributed by atoms with Gasteiger partial charge in [0.2, 0.25) is 0 Å². The van der Waals surface area contributed by atoms with Crippen molar-refractivity contribution in [1.29, 1.82) is 0 Å². The van der Waals surface area contributed by atoms with E-state index in [0.717, 1.165) is 5.56 Å². The summed E-state index contributed by atoms with van der Waals surface area (Å²) in [6.45, 7) is 6.13. The van der Waals surface area contributed by atoms with Crippen LogP contribution in [0.1, 0.15) is 18.5 Å². The summed E-state index contributed by atoms with van der Waals surface area (Å²) in [7, 11) is 0. The molecule has 3 heteroatoms. The first-order valence-electron chi connectivity index (χ1n) is 4.83. The Morgan fingerprint density at radius 3 is 2.47 bits per heavy atom. The van der Waals surface area contributed by atoms with Gasteiger partial charge >= 0.3 is 0 Å². The predicted octanol–water partition coefficient (Wildman–Crippen LogP) is 2.31. The molecule has 0 saturated carbocycles. The van der Waals surface area contributed by atoms with Gasteiger partial charge in [-0.15, -0.1) is 19.0 Å². The summed E-state index contributed by atoms with van der Waals surface area (Å²) >= 11 is 0. The van der Waals surface area contributed by atoms with Gasteiger partial charge in [-0.05, 0) is 12.5 Å². The summed E-state index contributed by atoms with van der Waals surface area (Å²) in [6.07, 6.45) is 1.38. The third-order valence-electron chi connectivity index (χ3n) is 2.12. The zero-order valence-electron chi connectivity index (χ0n) is 8.89. The standard InChI is InChI=1S/C12H17NO.ClH/c1-3-9-13-12(10(2)14)11-7-5-4-6-8-11;/h3-8,10,12-14H,1,9H2,2H3;1H. The largest absolute Gasteiger partial charge is 0.391 e. The van der Waals surface area contributed by atoms with E-state index < -0.39 is 6.10 Å². The number of hydrogen-bond donors (Lipinski definition) is 2. The number of aliphatic hydroxyl groups is 1. The molecule has 0 saturated heterocycles. The summed E-state index contributed by atoms with van der Waals surface area (Å²) in [5.41, 5.74) is 1.10. The second kappa shape index (κ2) is 7.46. The molecule has 1 rings (SSSR count). The Balaban J connectivity index is 0.00000196. The molecule has 2 atom stereocenters. The Bertz CT molecular complexity index is 274. The topological polar surface area (TPSA) is 32.3 Å². The fraction of sp³-hybridized carbons (Fsp3) is 0.333. The molecular formula is C12H18ClNO. The molecule has 0 radical (unpaired) electrons. The fourth-order valence-electron chi connectivity index (χ4n) is 1.44. The van der Waals surface area contributed by atoms with Crippen LogP contribution in [0.2, 0.25) is 0 Å². The zero-order valence-corrected chi connectivity index (χ0v) is 9.70. The van der Waals surface area contributed by atoms with E-state index in [0.29, 0.717) is 6.54 Å². The molecule has 0 bridgehead atoms. The number of aliphatic hydroxyl groups excluding tert-OH is 1. The van der Waals surface area contributed by atoms with E-state index in [9.17, 15) is 5.11 Å². The third kappa shape index (κ3) is 4.47. The van der Waals surface area contributed by atoms with Crippen molar-refractivity contribution >= 4 is 12.4 Å². The molecule has 2 N–H and O–H groups in total. The van der Waals surface area contributed by atoms with Gasteiger partial charge in [0.05, 0.1) is 12.1 Å². The normalized spacial score (nSPS) is 13.7. The highest BCUT2D eigenvalue weighted by Crippen LogP contribution is 2.15. The van der Waals surface area contributed by atoms with Crippen LogP contribution in [0.25, 0.3) is 0 Å². The van der Waals surface area contributed by atoms with Crippen LogP contribution < -0.4 is 5.32 Å². The number of halogens is 1. The highest BCUT2D eigenvalue weighted by molar-refractivity contribution is 5.85. The molecule has 0 aliphatic heterocycles. The molecule has 0 aliphatic carbocycles. The molecular weight excluding hydrogens is 210 g/mol. The van der Waals surface area contributed by atoms with Gasteiger partial charge in [-0.2, -0.15) is 0 Å².